The molecule has 0 aliphatic heterocycles. The van der Waals surface area contributed by atoms with Crippen molar-refractivity contribution in [3.63, 3.8) is 0 Å². The molecule has 28 heavy (non-hydrogen) atoms. The highest BCUT2D eigenvalue weighted by atomic mass is 19.4. The molecule has 0 saturated heterocycles. The molecule has 0 spiro atoms. The molecule has 11 heteroatoms. The summed E-state index contributed by atoms with van der Waals surface area (Å²) in [5, 5.41) is 21.9. The number of hydrogen-bond donors (Lipinski definition) is 1. The number of alkyl halides is 3. The molecule has 0 aromatic heterocycles. The van der Waals surface area contributed by atoms with Gasteiger partial charge in [0.2, 0.25) is 0 Å². The van der Waals surface area contributed by atoms with Crippen LogP contribution in [0.5, 0.6) is 0 Å². The minimum Gasteiger partial charge on any atom is -0.452 e. The van der Waals surface area contributed by atoms with Crippen molar-refractivity contribution in [1.82, 2.24) is 0 Å². The van der Waals surface area contributed by atoms with E-state index in [9.17, 15) is 32.9 Å². The number of hydrogen-bond acceptors (Lipinski definition) is 6. The maximum absolute atomic E-state index is 12.9. The number of rotatable bonds is 5. The second-order valence-corrected chi connectivity index (χ2v) is 5.27. The lowest BCUT2D eigenvalue weighted by molar-refractivity contribution is -0.384. The van der Waals surface area contributed by atoms with Gasteiger partial charge in [-0.05, 0) is 18.2 Å². The maximum Gasteiger partial charge on any atom is 0.417 e. The van der Waals surface area contributed by atoms with Gasteiger partial charge in [0.25, 0.3) is 11.6 Å². The second kappa shape index (κ2) is 8.17. The smallest absolute Gasteiger partial charge is 0.417 e. The Bertz CT molecular complexity index is 983. The second-order valence-electron chi connectivity index (χ2n) is 5.27. The number of anilines is 1. The lowest BCUT2D eigenvalue weighted by Crippen LogP contribution is -2.23. The van der Waals surface area contributed by atoms with Crippen LogP contribution in [0, 0.1) is 21.4 Å². The van der Waals surface area contributed by atoms with Crippen molar-refractivity contribution in [3.05, 3.63) is 69.3 Å². The average Bonchev–Trinajstić information content (AvgIpc) is 2.65. The van der Waals surface area contributed by atoms with E-state index in [-0.39, 0.29) is 16.9 Å². The fourth-order valence-electron chi connectivity index (χ4n) is 2.15. The Morgan fingerprint density at radius 2 is 1.89 bits per heavy atom. The van der Waals surface area contributed by atoms with Gasteiger partial charge in [0.1, 0.15) is 6.07 Å². The van der Waals surface area contributed by atoms with Gasteiger partial charge in [-0.1, -0.05) is 12.1 Å². The number of nitro groups is 1. The molecule has 2 aromatic carbocycles. The Labute approximate surface area is 155 Å². The van der Waals surface area contributed by atoms with Crippen molar-refractivity contribution >= 4 is 23.3 Å². The fourth-order valence-corrected chi connectivity index (χ4v) is 2.15. The molecule has 0 aliphatic carbocycles. The van der Waals surface area contributed by atoms with Crippen LogP contribution in [0.2, 0.25) is 0 Å². The number of nitrogens with zero attached hydrogens (tertiary/aromatic N) is 2. The number of nitriles is 1. The molecule has 0 aliphatic rings. The zero-order valence-corrected chi connectivity index (χ0v) is 13.8. The number of non-ortho nitro benzene ring substituents is 1. The molecule has 1 N–H and O–H groups in total. The Hall–Kier alpha value is -3.94. The maximum atomic E-state index is 12.9. The van der Waals surface area contributed by atoms with Gasteiger partial charge < -0.3 is 10.1 Å². The van der Waals surface area contributed by atoms with Crippen molar-refractivity contribution in [1.29, 1.82) is 5.26 Å². The normalized spacial score (nSPS) is 10.6. The number of ether oxygens (including phenoxy) is 1. The summed E-state index contributed by atoms with van der Waals surface area (Å²) in [5.41, 5.74) is -2.62. The highest BCUT2D eigenvalue weighted by Crippen LogP contribution is 2.32. The van der Waals surface area contributed by atoms with E-state index < -0.39 is 40.7 Å². The van der Waals surface area contributed by atoms with Crippen LogP contribution in [0.1, 0.15) is 21.5 Å². The van der Waals surface area contributed by atoms with Gasteiger partial charge in [0.05, 0.1) is 27.3 Å². The average molecular weight is 393 g/mol. The van der Waals surface area contributed by atoms with Gasteiger partial charge in [-0.2, -0.15) is 18.4 Å². The molecule has 0 saturated carbocycles. The highest BCUT2D eigenvalue weighted by molar-refractivity contribution is 5.97. The third kappa shape index (κ3) is 4.82. The van der Waals surface area contributed by atoms with E-state index in [1.54, 1.807) is 6.07 Å². The summed E-state index contributed by atoms with van der Waals surface area (Å²) in [6.07, 6.45) is -4.78. The Kier molecular flexibility index (Phi) is 5.95. The Morgan fingerprint density at radius 3 is 2.50 bits per heavy atom. The van der Waals surface area contributed by atoms with Gasteiger partial charge in [0.15, 0.2) is 6.61 Å². The van der Waals surface area contributed by atoms with Gasteiger partial charge in [-0.3, -0.25) is 14.9 Å². The fraction of sp³-hybridized carbons (Fsp3) is 0.118. The summed E-state index contributed by atoms with van der Waals surface area (Å²) < 4.78 is 43.3. The SMILES string of the molecule is N#Cc1cc([N+](=O)[O-])ccc1NC(=O)COC(=O)c1ccccc1C(F)(F)F. The summed E-state index contributed by atoms with van der Waals surface area (Å²) in [6, 6.07) is 8.66. The summed E-state index contributed by atoms with van der Waals surface area (Å²) in [7, 11) is 0. The Balaban J connectivity index is 2.07. The minimum absolute atomic E-state index is 0.0789. The minimum atomic E-state index is -4.78. The third-order valence-electron chi connectivity index (χ3n) is 3.40. The molecule has 0 radical (unpaired) electrons. The molecule has 0 atom stereocenters. The Morgan fingerprint density at radius 1 is 1.21 bits per heavy atom. The molecule has 0 bridgehead atoms. The van der Waals surface area contributed by atoms with E-state index in [4.69, 9.17) is 5.26 Å². The third-order valence-corrected chi connectivity index (χ3v) is 3.40. The molecule has 8 nitrogen and oxygen atoms in total. The molecule has 144 valence electrons. The van der Waals surface area contributed by atoms with Gasteiger partial charge in [-0.25, -0.2) is 4.79 Å². The van der Waals surface area contributed by atoms with Crippen molar-refractivity contribution in [2.75, 3.05) is 11.9 Å². The van der Waals surface area contributed by atoms with E-state index in [1.165, 1.54) is 6.07 Å². The standard InChI is InChI=1S/C17H10F3N3O5/c18-17(19,20)13-4-2-1-3-12(13)16(25)28-9-15(24)22-14-6-5-11(23(26)27)7-10(14)8-21/h1-7H,9H2,(H,22,24). The number of benzene rings is 2. The molecule has 2 rings (SSSR count). The van der Waals surface area contributed by atoms with Crippen LogP contribution < -0.4 is 5.32 Å². The van der Waals surface area contributed by atoms with Crippen molar-refractivity contribution < 1.29 is 32.4 Å². The van der Waals surface area contributed by atoms with E-state index in [2.05, 4.69) is 10.1 Å². The first-order valence-corrected chi connectivity index (χ1v) is 7.45. The molecular weight excluding hydrogens is 383 g/mol. The van der Waals surface area contributed by atoms with Gasteiger partial charge >= 0.3 is 12.1 Å². The highest BCUT2D eigenvalue weighted by Gasteiger charge is 2.35. The summed E-state index contributed by atoms with van der Waals surface area (Å²) in [4.78, 5) is 33.7. The number of nitrogens with one attached hydrogen (secondary N) is 1. The van der Waals surface area contributed by atoms with E-state index in [0.717, 1.165) is 30.3 Å². The predicted octanol–water partition coefficient (Wildman–Crippen LogP) is 3.28. The molecular formula is C17H10F3N3O5. The van der Waals surface area contributed by atoms with Gasteiger partial charge in [0, 0.05) is 12.1 Å². The number of carbonyl (C=O) groups is 2. The number of carbonyl (C=O) groups excluding carboxylic acids is 2. The summed E-state index contributed by atoms with van der Waals surface area (Å²) in [5.74, 6) is -2.30. The monoisotopic (exact) mass is 393 g/mol. The predicted molar refractivity (Wildman–Crippen MR) is 88.2 cm³/mol. The van der Waals surface area contributed by atoms with Gasteiger partial charge in [-0.15, -0.1) is 0 Å². The van der Waals surface area contributed by atoms with Crippen molar-refractivity contribution in [2.45, 2.75) is 6.18 Å². The zero-order chi connectivity index (χ0) is 20.9. The molecule has 0 heterocycles. The molecule has 0 fully saturated rings. The van der Waals surface area contributed by atoms with E-state index in [0.29, 0.717) is 6.07 Å². The van der Waals surface area contributed by atoms with E-state index in [1.807, 2.05) is 0 Å². The number of esters is 1. The molecule has 0 unspecified atom stereocenters. The largest absolute Gasteiger partial charge is 0.452 e. The first-order chi connectivity index (χ1) is 13.1. The first-order valence-electron chi connectivity index (χ1n) is 7.45. The van der Waals surface area contributed by atoms with Crippen LogP contribution in [-0.4, -0.2) is 23.4 Å². The van der Waals surface area contributed by atoms with Crippen LogP contribution >= 0.6 is 0 Å². The number of nitro benzene ring substituents is 1. The summed E-state index contributed by atoms with van der Waals surface area (Å²) in [6.45, 7) is -0.924. The quantitative estimate of drug-likeness (QED) is 0.473. The number of halogens is 3. The van der Waals surface area contributed by atoms with Crippen molar-refractivity contribution in [2.24, 2.45) is 0 Å². The van der Waals surface area contributed by atoms with Crippen LogP contribution in [0.15, 0.2) is 42.5 Å². The molecule has 2 aromatic rings. The first kappa shape index (κ1) is 20.4. The van der Waals surface area contributed by atoms with E-state index >= 15 is 0 Å². The van der Waals surface area contributed by atoms with Crippen LogP contribution in [0.4, 0.5) is 24.5 Å². The zero-order valence-electron chi connectivity index (χ0n) is 13.8. The number of amides is 1. The van der Waals surface area contributed by atoms with Crippen molar-refractivity contribution in [3.8, 4) is 6.07 Å². The summed E-state index contributed by atoms with van der Waals surface area (Å²) >= 11 is 0. The van der Waals surface area contributed by atoms with Crippen LogP contribution in [0.3, 0.4) is 0 Å². The van der Waals surface area contributed by atoms with Crippen LogP contribution in [0.25, 0.3) is 0 Å². The van der Waals surface area contributed by atoms with Crippen LogP contribution in [-0.2, 0) is 15.7 Å². The topological polar surface area (TPSA) is 122 Å². The lowest BCUT2D eigenvalue weighted by atomic mass is 10.1. The molecule has 1 amide bonds. The lowest BCUT2D eigenvalue weighted by Gasteiger charge is -2.12.